The van der Waals surface area contributed by atoms with E-state index in [0.29, 0.717) is 25.7 Å². The van der Waals surface area contributed by atoms with Crippen molar-refractivity contribution in [3.8, 4) is 0 Å². The Morgan fingerprint density at radius 3 is 0.760 bits per heavy atom. The molecule has 3 N–H and O–H groups in total. The first-order chi connectivity index (χ1) is 48.4. The highest BCUT2D eigenvalue weighted by molar-refractivity contribution is 7.47. The van der Waals surface area contributed by atoms with Crippen LogP contribution >= 0.6 is 15.6 Å². The molecule has 0 aromatic carbocycles. The van der Waals surface area contributed by atoms with Crippen molar-refractivity contribution < 1.29 is 80.2 Å². The van der Waals surface area contributed by atoms with Gasteiger partial charge in [0.2, 0.25) is 0 Å². The van der Waals surface area contributed by atoms with Crippen molar-refractivity contribution in [1.29, 1.82) is 0 Å². The van der Waals surface area contributed by atoms with Crippen LogP contribution in [0, 0.1) is 11.8 Å². The zero-order valence-electron chi connectivity index (χ0n) is 65.5. The molecule has 0 aliphatic carbocycles. The van der Waals surface area contributed by atoms with E-state index in [0.717, 1.165) is 108 Å². The molecule has 594 valence electrons. The van der Waals surface area contributed by atoms with Gasteiger partial charge < -0.3 is 33.8 Å². The lowest BCUT2D eigenvalue weighted by molar-refractivity contribution is -0.161. The van der Waals surface area contributed by atoms with E-state index in [1.165, 1.54) is 238 Å². The average Bonchev–Trinajstić information content (AvgIpc) is 0.920. The van der Waals surface area contributed by atoms with E-state index in [-0.39, 0.29) is 25.7 Å². The molecule has 0 rings (SSSR count). The predicted molar refractivity (Wildman–Crippen MR) is 409 cm³/mol. The van der Waals surface area contributed by atoms with E-state index in [4.69, 9.17) is 37.0 Å². The number of hydrogen-bond donors (Lipinski definition) is 3. The van der Waals surface area contributed by atoms with Crippen LogP contribution in [0.25, 0.3) is 0 Å². The van der Waals surface area contributed by atoms with Gasteiger partial charge in [0.15, 0.2) is 12.2 Å². The third-order valence-corrected chi connectivity index (χ3v) is 21.2. The number of aliphatic hydroxyl groups is 1. The van der Waals surface area contributed by atoms with Crippen LogP contribution in [-0.4, -0.2) is 96.7 Å². The van der Waals surface area contributed by atoms with Gasteiger partial charge in [0.25, 0.3) is 0 Å². The lowest BCUT2D eigenvalue weighted by atomic mass is 10.00. The van der Waals surface area contributed by atoms with Gasteiger partial charge in [0.05, 0.1) is 26.4 Å². The summed E-state index contributed by atoms with van der Waals surface area (Å²) in [6.07, 6.45) is 62.6. The van der Waals surface area contributed by atoms with Crippen molar-refractivity contribution in [3.05, 3.63) is 0 Å². The Hall–Kier alpha value is -1.94. The van der Waals surface area contributed by atoms with Gasteiger partial charge in [0.1, 0.15) is 19.3 Å². The Kier molecular flexibility index (Phi) is 71.2. The number of carbonyl (C=O) groups excluding carboxylic acids is 4. The number of esters is 4. The molecule has 0 spiro atoms. The summed E-state index contributed by atoms with van der Waals surface area (Å²) in [5, 5.41) is 10.6. The van der Waals surface area contributed by atoms with E-state index in [2.05, 4.69) is 41.5 Å². The molecule has 6 atom stereocenters. The Morgan fingerprint density at radius 1 is 0.290 bits per heavy atom. The Bertz CT molecular complexity index is 1930. The molecule has 0 amide bonds. The highest BCUT2D eigenvalue weighted by Gasteiger charge is 2.30. The van der Waals surface area contributed by atoms with Gasteiger partial charge in [-0.2, -0.15) is 0 Å². The first-order valence-electron chi connectivity index (χ1n) is 42.0. The number of hydrogen-bond acceptors (Lipinski definition) is 15. The summed E-state index contributed by atoms with van der Waals surface area (Å²) in [4.78, 5) is 73.0. The van der Waals surface area contributed by atoms with Crippen LogP contribution in [0.5, 0.6) is 0 Å². The number of phosphoric acid groups is 2. The molecule has 0 saturated heterocycles. The first kappa shape index (κ1) is 98.1. The minimum Gasteiger partial charge on any atom is -0.462 e. The van der Waals surface area contributed by atoms with Crippen molar-refractivity contribution in [3.63, 3.8) is 0 Å². The van der Waals surface area contributed by atoms with Gasteiger partial charge in [-0.25, -0.2) is 9.13 Å². The summed E-state index contributed by atoms with van der Waals surface area (Å²) in [5.41, 5.74) is 0. The summed E-state index contributed by atoms with van der Waals surface area (Å²) in [6.45, 7) is 9.58. The molecule has 0 radical (unpaired) electrons. The summed E-state index contributed by atoms with van der Waals surface area (Å²) in [7, 11) is -9.92. The lowest BCUT2D eigenvalue weighted by Gasteiger charge is -2.21. The molecule has 3 unspecified atom stereocenters. The summed E-state index contributed by atoms with van der Waals surface area (Å²) >= 11 is 0. The smallest absolute Gasteiger partial charge is 0.462 e. The second-order valence-electron chi connectivity index (χ2n) is 29.9. The van der Waals surface area contributed by atoms with E-state index in [1.807, 2.05) is 0 Å². The standard InChI is InChI=1S/C81H158O17P2/c1-7-10-12-14-16-18-20-22-24-26-27-28-30-32-34-36-41-45-53-59-65-80(85)97-76(69-91-78(83)63-57-51-44-40-35-33-31-29-25-23-21-19-17-15-13-11-8-2)71-95-99(87,88)93-67-75(82)68-94-100(89,90)96-72-77(70-92-79(84)64-58-52-48-47-50-56-62-74(6)9-3)98-81(86)66-60-54-46-42-38-37-39-43-49-55-61-73(4)5/h73-77,82H,7-72H2,1-6H3,(H,87,88)(H,89,90)/t74?,75-,76-,77-/m1/s1. The molecule has 0 fully saturated rings. The minimum absolute atomic E-state index is 0.105. The van der Waals surface area contributed by atoms with Crippen LogP contribution in [0.4, 0.5) is 0 Å². The molecular weight excluding hydrogens is 1310 g/mol. The molecule has 17 nitrogen and oxygen atoms in total. The second-order valence-corrected chi connectivity index (χ2v) is 32.8. The molecule has 0 aliphatic heterocycles. The Labute approximate surface area is 613 Å². The van der Waals surface area contributed by atoms with Crippen LogP contribution < -0.4 is 0 Å². The van der Waals surface area contributed by atoms with E-state index in [1.54, 1.807) is 0 Å². The average molecular weight is 1470 g/mol. The van der Waals surface area contributed by atoms with Crippen molar-refractivity contribution in [2.24, 2.45) is 11.8 Å². The molecule has 0 aromatic heterocycles. The monoisotopic (exact) mass is 1470 g/mol. The largest absolute Gasteiger partial charge is 0.472 e. The number of unbranched alkanes of at least 4 members (excludes halogenated alkanes) is 49. The lowest BCUT2D eigenvalue weighted by Crippen LogP contribution is -2.30. The Balaban J connectivity index is 5.23. The maximum Gasteiger partial charge on any atom is 0.472 e. The van der Waals surface area contributed by atoms with E-state index in [9.17, 15) is 43.2 Å². The molecule has 19 heteroatoms. The maximum absolute atomic E-state index is 13.1. The molecule has 100 heavy (non-hydrogen) atoms. The van der Waals surface area contributed by atoms with Crippen molar-refractivity contribution in [2.45, 2.75) is 445 Å². The fraction of sp³-hybridized carbons (Fsp3) is 0.951. The Morgan fingerprint density at radius 2 is 0.510 bits per heavy atom. The topological polar surface area (TPSA) is 237 Å². The van der Waals surface area contributed by atoms with Crippen molar-refractivity contribution in [1.82, 2.24) is 0 Å². The molecule has 0 bridgehead atoms. The zero-order chi connectivity index (χ0) is 73.5. The molecule has 0 heterocycles. The summed E-state index contributed by atoms with van der Waals surface area (Å²) in [5.74, 6) is -0.628. The van der Waals surface area contributed by atoms with Gasteiger partial charge in [-0.3, -0.25) is 37.3 Å². The SMILES string of the molecule is CCCCCCCCCCCCCCCCCCCCCCC(=O)O[C@H](COC(=O)CCCCCCCCCCCCCCCCCCC)COP(=O)(O)OC[C@@H](O)COP(=O)(O)OC[C@@H](COC(=O)CCCCCCCCC(C)CC)OC(=O)CCCCCCCCCCCCC(C)C. The number of phosphoric ester groups is 2. The van der Waals surface area contributed by atoms with Gasteiger partial charge in [-0.15, -0.1) is 0 Å². The summed E-state index contributed by atoms with van der Waals surface area (Å²) < 4.78 is 68.7. The van der Waals surface area contributed by atoms with Crippen LogP contribution in [-0.2, 0) is 65.4 Å². The highest BCUT2D eigenvalue weighted by Crippen LogP contribution is 2.45. The third kappa shape index (κ3) is 73.0. The number of ether oxygens (including phenoxy) is 4. The van der Waals surface area contributed by atoms with Gasteiger partial charge in [-0.05, 0) is 37.5 Å². The van der Waals surface area contributed by atoms with Gasteiger partial charge in [0, 0.05) is 25.7 Å². The van der Waals surface area contributed by atoms with E-state index < -0.39 is 97.5 Å². The minimum atomic E-state index is -4.96. The summed E-state index contributed by atoms with van der Waals surface area (Å²) in [6, 6.07) is 0. The normalized spacial score (nSPS) is 14.2. The van der Waals surface area contributed by atoms with Crippen LogP contribution in [0.3, 0.4) is 0 Å². The fourth-order valence-corrected chi connectivity index (χ4v) is 14.1. The molecule has 0 saturated carbocycles. The van der Waals surface area contributed by atoms with Crippen LogP contribution in [0.15, 0.2) is 0 Å². The van der Waals surface area contributed by atoms with Crippen LogP contribution in [0.2, 0.25) is 0 Å². The number of carbonyl (C=O) groups is 4. The quantitative estimate of drug-likeness (QED) is 0.0222. The first-order valence-corrected chi connectivity index (χ1v) is 45.0. The molecule has 0 aliphatic rings. The van der Waals surface area contributed by atoms with Crippen LogP contribution in [0.1, 0.15) is 427 Å². The van der Waals surface area contributed by atoms with Crippen molar-refractivity contribution >= 4 is 39.5 Å². The number of rotatable bonds is 80. The van der Waals surface area contributed by atoms with E-state index >= 15 is 0 Å². The van der Waals surface area contributed by atoms with Crippen molar-refractivity contribution in [2.75, 3.05) is 39.6 Å². The van der Waals surface area contributed by atoms with Gasteiger partial charge in [-0.1, -0.05) is 375 Å². The second kappa shape index (κ2) is 72.6. The molecule has 0 aromatic rings. The maximum atomic E-state index is 13.1. The highest BCUT2D eigenvalue weighted by atomic mass is 31.2. The fourth-order valence-electron chi connectivity index (χ4n) is 12.5. The predicted octanol–water partition coefficient (Wildman–Crippen LogP) is 24.3. The zero-order valence-corrected chi connectivity index (χ0v) is 67.3. The third-order valence-electron chi connectivity index (χ3n) is 19.3. The van der Waals surface area contributed by atoms with Gasteiger partial charge >= 0.3 is 39.5 Å². The molecular formula is C81H158O17P2. The number of aliphatic hydroxyl groups excluding tert-OH is 1.